The molecule has 0 aliphatic carbocycles. The van der Waals surface area contributed by atoms with Crippen LogP contribution in [0.2, 0.25) is 0 Å². The van der Waals surface area contributed by atoms with Crippen LogP contribution in [0.5, 0.6) is 0 Å². The van der Waals surface area contributed by atoms with E-state index in [1.165, 1.54) is 0 Å². The smallest absolute Gasteiger partial charge is 0.0899 e. The third-order valence-corrected chi connectivity index (χ3v) is 4.53. The fraction of sp³-hybridized carbons (Fsp3) is 0.643. The maximum atomic E-state index is 10.7. The second-order valence-electron chi connectivity index (χ2n) is 5.60. The van der Waals surface area contributed by atoms with E-state index in [2.05, 4.69) is 4.98 Å². The summed E-state index contributed by atoms with van der Waals surface area (Å²) < 4.78 is 5.89. The average Bonchev–Trinajstić information content (AvgIpc) is 2.99. The number of aliphatic hydroxyl groups is 1. The second kappa shape index (κ2) is 4.30. The lowest BCUT2D eigenvalue weighted by Crippen LogP contribution is -2.44. The number of hydrogen-bond acceptors (Lipinski definition) is 4. The molecular weight excluding hydrogens is 228 g/mol. The van der Waals surface area contributed by atoms with Gasteiger partial charge in [0, 0.05) is 23.9 Å². The van der Waals surface area contributed by atoms with Gasteiger partial charge in [-0.3, -0.25) is 4.98 Å². The SMILES string of the molecule is Cc1ccc(C(O)C2(CN)CC3CCC2O3)cn1. The summed E-state index contributed by atoms with van der Waals surface area (Å²) in [5, 5.41) is 10.7. The van der Waals surface area contributed by atoms with Crippen molar-refractivity contribution in [2.24, 2.45) is 11.1 Å². The van der Waals surface area contributed by atoms with E-state index in [4.69, 9.17) is 10.5 Å². The van der Waals surface area contributed by atoms with Crippen LogP contribution in [0, 0.1) is 12.3 Å². The normalized spacial score (nSPS) is 35.9. The van der Waals surface area contributed by atoms with Gasteiger partial charge in [-0.15, -0.1) is 0 Å². The molecule has 4 nitrogen and oxygen atoms in total. The number of aromatic nitrogens is 1. The van der Waals surface area contributed by atoms with E-state index >= 15 is 0 Å². The van der Waals surface area contributed by atoms with Crippen LogP contribution in [0.25, 0.3) is 0 Å². The van der Waals surface area contributed by atoms with E-state index in [0.29, 0.717) is 6.54 Å². The predicted molar refractivity (Wildman–Crippen MR) is 67.9 cm³/mol. The molecule has 0 radical (unpaired) electrons. The molecule has 0 amide bonds. The largest absolute Gasteiger partial charge is 0.388 e. The van der Waals surface area contributed by atoms with Crippen molar-refractivity contribution in [3.63, 3.8) is 0 Å². The van der Waals surface area contributed by atoms with Crippen LogP contribution in [0.4, 0.5) is 0 Å². The number of hydrogen-bond donors (Lipinski definition) is 2. The first-order chi connectivity index (χ1) is 8.65. The molecule has 0 saturated carbocycles. The Morgan fingerprint density at radius 3 is 2.89 bits per heavy atom. The average molecular weight is 248 g/mol. The Labute approximate surface area is 107 Å². The molecule has 2 aliphatic rings. The molecule has 98 valence electrons. The first-order valence-electron chi connectivity index (χ1n) is 6.62. The predicted octanol–water partition coefficient (Wildman–Crippen LogP) is 1.32. The fourth-order valence-corrected chi connectivity index (χ4v) is 3.42. The van der Waals surface area contributed by atoms with Gasteiger partial charge in [-0.2, -0.15) is 0 Å². The van der Waals surface area contributed by atoms with Gasteiger partial charge in [-0.05, 0) is 37.8 Å². The van der Waals surface area contributed by atoms with E-state index in [1.54, 1.807) is 6.20 Å². The molecule has 3 heterocycles. The van der Waals surface area contributed by atoms with Crippen molar-refractivity contribution in [1.82, 2.24) is 4.98 Å². The van der Waals surface area contributed by atoms with Gasteiger partial charge in [0.1, 0.15) is 0 Å². The summed E-state index contributed by atoms with van der Waals surface area (Å²) in [5.74, 6) is 0. The summed E-state index contributed by atoms with van der Waals surface area (Å²) in [4.78, 5) is 4.26. The van der Waals surface area contributed by atoms with Crippen molar-refractivity contribution in [3.8, 4) is 0 Å². The van der Waals surface area contributed by atoms with Crippen LogP contribution in [0.3, 0.4) is 0 Å². The summed E-state index contributed by atoms with van der Waals surface area (Å²) in [7, 11) is 0. The first kappa shape index (κ1) is 12.1. The molecule has 4 unspecified atom stereocenters. The molecule has 2 saturated heterocycles. The Balaban J connectivity index is 1.90. The van der Waals surface area contributed by atoms with Crippen molar-refractivity contribution in [2.75, 3.05) is 6.54 Å². The molecule has 3 N–H and O–H groups in total. The summed E-state index contributed by atoms with van der Waals surface area (Å²) >= 11 is 0. The zero-order valence-corrected chi connectivity index (χ0v) is 10.7. The van der Waals surface area contributed by atoms with Crippen LogP contribution in [0.1, 0.15) is 36.6 Å². The number of rotatable bonds is 3. The monoisotopic (exact) mass is 248 g/mol. The number of nitrogens with zero attached hydrogens (tertiary/aromatic N) is 1. The number of nitrogens with two attached hydrogens (primary N) is 1. The molecule has 3 rings (SSSR count). The van der Waals surface area contributed by atoms with E-state index < -0.39 is 6.10 Å². The van der Waals surface area contributed by atoms with Crippen LogP contribution < -0.4 is 5.73 Å². The third-order valence-electron chi connectivity index (χ3n) is 4.53. The minimum Gasteiger partial charge on any atom is -0.388 e. The van der Waals surface area contributed by atoms with Gasteiger partial charge >= 0.3 is 0 Å². The van der Waals surface area contributed by atoms with E-state index in [-0.39, 0.29) is 17.6 Å². The van der Waals surface area contributed by atoms with Crippen LogP contribution >= 0.6 is 0 Å². The van der Waals surface area contributed by atoms with Crippen molar-refractivity contribution in [2.45, 2.75) is 44.5 Å². The highest BCUT2D eigenvalue weighted by atomic mass is 16.5. The van der Waals surface area contributed by atoms with Crippen molar-refractivity contribution >= 4 is 0 Å². The maximum absolute atomic E-state index is 10.7. The van der Waals surface area contributed by atoms with Gasteiger partial charge in [0.15, 0.2) is 0 Å². The van der Waals surface area contributed by atoms with Gasteiger partial charge in [0.25, 0.3) is 0 Å². The standard InChI is InChI=1S/C14H20N2O2/c1-9-2-3-10(7-16-9)13(17)14(8-15)6-11-4-5-12(14)18-11/h2-3,7,11-13,17H,4-6,8,15H2,1H3. The maximum Gasteiger partial charge on any atom is 0.0899 e. The van der Waals surface area contributed by atoms with Gasteiger partial charge in [0.05, 0.1) is 18.3 Å². The topological polar surface area (TPSA) is 68.4 Å². The van der Waals surface area contributed by atoms with Crippen LogP contribution in [-0.2, 0) is 4.74 Å². The van der Waals surface area contributed by atoms with Gasteiger partial charge < -0.3 is 15.6 Å². The second-order valence-corrected chi connectivity index (χ2v) is 5.60. The van der Waals surface area contributed by atoms with Gasteiger partial charge in [-0.25, -0.2) is 0 Å². The van der Waals surface area contributed by atoms with E-state index in [0.717, 1.165) is 30.5 Å². The third kappa shape index (κ3) is 1.67. The number of aliphatic hydroxyl groups excluding tert-OH is 1. The highest BCUT2D eigenvalue weighted by Crippen LogP contribution is 2.53. The van der Waals surface area contributed by atoms with Crippen LogP contribution in [-0.4, -0.2) is 28.8 Å². The fourth-order valence-electron chi connectivity index (χ4n) is 3.42. The quantitative estimate of drug-likeness (QED) is 0.846. The van der Waals surface area contributed by atoms with Crippen LogP contribution in [0.15, 0.2) is 18.3 Å². The first-order valence-corrected chi connectivity index (χ1v) is 6.62. The highest BCUT2D eigenvalue weighted by molar-refractivity contribution is 5.21. The number of ether oxygens (including phenoxy) is 1. The lowest BCUT2D eigenvalue weighted by Gasteiger charge is -2.38. The highest BCUT2D eigenvalue weighted by Gasteiger charge is 2.55. The summed E-state index contributed by atoms with van der Waals surface area (Å²) in [5.41, 5.74) is 7.45. The van der Waals surface area contributed by atoms with E-state index in [1.807, 2.05) is 19.1 Å². The molecular formula is C14H20N2O2. The number of fused-ring (bicyclic) bond motifs is 2. The Bertz CT molecular complexity index is 434. The van der Waals surface area contributed by atoms with Crippen molar-refractivity contribution < 1.29 is 9.84 Å². The molecule has 0 spiro atoms. The van der Waals surface area contributed by atoms with Gasteiger partial charge in [-0.1, -0.05) is 6.07 Å². The molecule has 2 fully saturated rings. The van der Waals surface area contributed by atoms with Gasteiger partial charge in [0.2, 0.25) is 0 Å². The molecule has 2 bridgehead atoms. The summed E-state index contributed by atoms with van der Waals surface area (Å²) in [6.45, 7) is 2.40. The number of pyridine rings is 1. The van der Waals surface area contributed by atoms with E-state index in [9.17, 15) is 5.11 Å². The molecule has 1 aromatic heterocycles. The molecule has 18 heavy (non-hydrogen) atoms. The lowest BCUT2D eigenvalue weighted by molar-refractivity contribution is -0.0265. The summed E-state index contributed by atoms with van der Waals surface area (Å²) in [6, 6.07) is 3.87. The molecule has 1 aromatic rings. The molecule has 4 heteroatoms. The molecule has 2 aliphatic heterocycles. The van der Waals surface area contributed by atoms with Crippen molar-refractivity contribution in [3.05, 3.63) is 29.6 Å². The number of aryl methyl sites for hydroxylation is 1. The Kier molecular flexibility index (Phi) is 2.88. The zero-order chi connectivity index (χ0) is 12.8. The Morgan fingerprint density at radius 2 is 2.39 bits per heavy atom. The minimum atomic E-state index is -0.578. The Morgan fingerprint density at radius 1 is 1.56 bits per heavy atom. The Hall–Kier alpha value is -0.970. The molecule has 0 aromatic carbocycles. The lowest BCUT2D eigenvalue weighted by atomic mass is 9.68. The zero-order valence-electron chi connectivity index (χ0n) is 10.7. The summed E-state index contributed by atoms with van der Waals surface area (Å²) in [6.07, 6.45) is 4.54. The van der Waals surface area contributed by atoms with Crippen molar-refractivity contribution in [1.29, 1.82) is 0 Å². The minimum absolute atomic E-state index is 0.101. The molecule has 4 atom stereocenters.